The van der Waals surface area contributed by atoms with Gasteiger partial charge in [0.05, 0.1) is 11.4 Å². The molecule has 1 aromatic carbocycles. The van der Waals surface area contributed by atoms with Crippen LogP contribution >= 0.6 is 0 Å². The second kappa shape index (κ2) is 7.03. The van der Waals surface area contributed by atoms with Crippen LogP contribution < -0.4 is 10.9 Å². The van der Waals surface area contributed by atoms with Crippen molar-refractivity contribution in [3.63, 3.8) is 0 Å². The van der Waals surface area contributed by atoms with E-state index in [2.05, 4.69) is 20.4 Å². The van der Waals surface area contributed by atoms with Crippen molar-refractivity contribution in [2.45, 2.75) is 20.3 Å². The summed E-state index contributed by atoms with van der Waals surface area (Å²) >= 11 is 0. The third kappa shape index (κ3) is 3.72. The number of aryl methyl sites for hydroxylation is 2. The Hall–Kier alpha value is -3.48. The van der Waals surface area contributed by atoms with E-state index in [1.807, 2.05) is 56.3 Å². The SMILES string of the molecule is Cc1cc(=O)[nH]c(CCNc2cc(-c3ccccc3)nc3cc(C)nn23)n1. The lowest BCUT2D eigenvalue weighted by Crippen LogP contribution is -2.16. The van der Waals surface area contributed by atoms with E-state index in [1.54, 1.807) is 4.52 Å². The smallest absolute Gasteiger partial charge is 0.251 e. The van der Waals surface area contributed by atoms with Crippen molar-refractivity contribution in [3.05, 3.63) is 76.1 Å². The van der Waals surface area contributed by atoms with Gasteiger partial charge < -0.3 is 10.3 Å². The summed E-state index contributed by atoms with van der Waals surface area (Å²) < 4.78 is 1.80. The molecule has 0 aliphatic carbocycles. The monoisotopic (exact) mass is 360 g/mol. The Morgan fingerprint density at radius 3 is 2.63 bits per heavy atom. The second-order valence-electron chi connectivity index (χ2n) is 6.46. The lowest BCUT2D eigenvalue weighted by atomic mass is 10.1. The number of hydrogen-bond donors (Lipinski definition) is 2. The standard InChI is InChI=1S/C20H20N6O/c1-13-11-20(27)24-17(22-13)8-9-21-18-12-16(15-6-4-3-5-7-15)23-19-10-14(2)25-26(18)19/h3-7,10-12,21H,8-9H2,1-2H3,(H,22,24,27). The van der Waals surface area contributed by atoms with E-state index in [0.717, 1.165) is 28.4 Å². The van der Waals surface area contributed by atoms with Crippen LogP contribution in [0, 0.1) is 13.8 Å². The van der Waals surface area contributed by atoms with Crippen LogP contribution in [0.1, 0.15) is 17.2 Å². The van der Waals surface area contributed by atoms with Gasteiger partial charge in [0.1, 0.15) is 11.6 Å². The average Bonchev–Trinajstić information content (AvgIpc) is 3.02. The highest BCUT2D eigenvalue weighted by Crippen LogP contribution is 2.22. The fourth-order valence-corrected chi connectivity index (χ4v) is 3.04. The van der Waals surface area contributed by atoms with Gasteiger partial charge in [-0.3, -0.25) is 4.79 Å². The molecule has 0 saturated heterocycles. The van der Waals surface area contributed by atoms with E-state index < -0.39 is 0 Å². The highest BCUT2D eigenvalue weighted by atomic mass is 16.1. The van der Waals surface area contributed by atoms with Crippen molar-refractivity contribution in [1.29, 1.82) is 0 Å². The van der Waals surface area contributed by atoms with Gasteiger partial charge in [-0.2, -0.15) is 9.61 Å². The van der Waals surface area contributed by atoms with Gasteiger partial charge >= 0.3 is 0 Å². The van der Waals surface area contributed by atoms with E-state index in [4.69, 9.17) is 4.98 Å². The van der Waals surface area contributed by atoms with E-state index >= 15 is 0 Å². The first kappa shape index (κ1) is 17.0. The first-order valence-corrected chi connectivity index (χ1v) is 8.82. The van der Waals surface area contributed by atoms with E-state index in [9.17, 15) is 4.79 Å². The molecule has 0 fully saturated rings. The van der Waals surface area contributed by atoms with Crippen molar-refractivity contribution < 1.29 is 0 Å². The molecule has 7 heteroatoms. The van der Waals surface area contributed by atoms with Crippen LogP contribution in [0.5, 0.6) is 0 Å². The highest BCUT2D eigenvalue weighted by Gasteiger charge is 2.10. The number of anilines is 1. The zero-order valence-corrected chi connectivity index (χ0v) is 15.2. The van der Waals surface area contributed by atoms with Crippen molar-refractivity contribution in [3.8, 4) is 11.3 Å². The Balaban J connectivity index is 1.63. The molecule has 3 aromatic heterocycles. The fraction of sp³-hybridized carbons (Fsp3) is 0.200. The topological polar surface area (TPSA) is 88.0 Å². The second-order valence-corrected chi connectivity index (χ2v) is 6.46. The van der Waals surface area contributed by atoms with Crippen LogP contribution in [-0.2, 0) is 6.42 Å². The Labute approximate surface area is 156 Å². The van der Waals surface area contributed by atoms with Gasteiger partial charge in [0, 0.05) is 42.4 Å². The Bertz CT molecular complexity index is 1150. The molecule has 0 aliphatic heterocycles. The molecule has 3 heterocycles. The zero-order chi connectivity index (χ0) is 18.8. The first-order valence-electron chi connectivity index (χ1n) is 8.82. The van der Waals surface area contributed by atoms with Gasteiger partial charge in [-0.1, -0.05) is 30.3 Å². The molecular formula is C20H20N6O. The largest absolute Gasteiger partial charge is 0.369 e. The minimum atomic E-state index is -0.127. The summed E-state index contributed by atoms with van der Waals surface area (Å²) in [5.74, 6) is 1.51. The van der Waals surface area contributed by atoms with E-state index in [0.29, 0.717) is 24.5 Å². The lowest BCUT2D eigenvalue weighted by Gasteiger charge is -2.10. The van der Waals surface area contributed by atoms with Crippen LogP contribution in [-0.4, -0.2) is 31.1 Å². The van der Waals surface area contributed by atoms with Crippen LogP contribution in [0.3, 0.4) is 0 Å². The summed E-state index contributed by atoms with van der Waals surface area (Å²) in [6.07, 6.45) is 0.599. The van der Waals surface area contributed by atoms with Crippen molar-refractivity contribution in [2.75, 3.05) is 11.9 Å². The molecule has 2 N–H and O–H groups in total. The van der Waals surface area contributed by atoms with Crippen LogP contribution in [0.15, 0.2) is 53.3 Å². The zero-order valence-electron chi connectivity index (χ0n) is 15.2. The number of H-pyrrole nitrogens is 1. The fourth-order valence-electron chi connectivity index (χ4n) is 3.04. The van der Waals surface area contributed by atoms with E-state index in [-0.39, 0.29) is 5.56 Å². The number of nitrogens with zero attached hydrogens (tertiary/aromatic N) is 4. The first-order chi connectivity index (χ1) is 13.1. The molecule has 0 bridgehead atoms. The van der Waals surface area contributed by atoms with Crippen molar-refractivity contribution >= 4 is 11.5 Å². The molecule has 0 saturated carbocycles. The molecule has 7 nitrogen and oxygen atoms in total. The summed E-state index contributed by atoms with van der Waals surface area (Å²) in [6.45, 7) is 4.37. The number of aromatic nitrogens is 5. The molecule has 0 aliphatic rings. The summed E-state index contributed by atoms with van der Waals surface area (Å²) in [4.78, 5) is 23.4. The Morgan fingerprint density at radius 1 is 1.04 bits per heavy atom. The van der Waals surface area contributed by atoms with Crippen LogP contribution in [0.25, 0.3) is 16.9 Å². The molecule has 4 rings (SSSR count). The number of rotatable bonds is 5. The van der Waals surface area contributed by atoms with E-state index in [1.165, 1.54) is 6.07 Å². The quantitative estimate of drug-likeness (QED) is 0.571. The average molecular weight is 360 g/mol. The van der Waals surface area contributed by atoms with Gasteiger partial charge in [-0.15, -0.1) is 0 Å². The summed E-state index contributed by atoms with van der Waals surface area (Å²) in [5.41, 5.74) is 4.21. The predicted molar refractivity (Wildman–Crippen MR) is 105 cm³/mol. The van der Waals surface area contributed by atoms with Crippen LogP contribution in [0.2, 0.25) is 0 Å². The summed E-state index contributed by atoms with van der Waals surface area (Å²) in [6, 6.07) is 15.5. The molecule has 4 aromatic rings. The Morgan fingerprint density at radius 2 is 1.85 bits per heavy atom. The number of hydrogen-bond acceptors (Lipinski definition) is 5. The molecule has 0 unspecified atom stereocenters. The van der Waals surface area contributed by atoms with Gasteiger partial charge in [-0.25, -0.2) is 9.97 Å². The summed E-state index contributed by atoms with van der Waals surface area (Å²) in [7, 11) is 0. The maximum absolute atomic E-state index is 11.6. The van der Waals surface area contributed by atoms with Gasteiger partial charge in [0.2, 0.25) is 0 Å². The third-order valence-electron chi connectivity index (χ3n) is 4.21. The molecule has 0 radical (unpaired) electrons. The Kier molecular flexibility index (Phi) is 4.42. The lowest BCUT2D eigenvalue weighted by molar-refractivity contribution is 0.847. The highest BCUT2D eigenvalue weighted by molar-refractivity contribution is 5.66. The molecule has 0 spiro atoms. The molecule has 0 amide bonds. The molecular weight excluding hydrogens is 340 g/mol. The number of fused-ring (bicyclic) bond motifs is 1. The number of benzene rings is 1. The third-order valence-corrected chi connectivity index (χ3v) is 4.21. The number of nitrogens with one attached hydrogen (secondary N) is 2. The molecule has 0 atom stereocenters. The minimum absolute atomic E-state index is 0.127. The predicted octanol–water partition coefficient (Wildman–Crippen LogP) is 2.75. The van der Waals surface area contributed by atoms with Gasteiger partial charge in [0.25, 0.3) is 5.56 Å². The summed E-state index contributed by atoms with van der Waals surface area (Å²) in [5, 5.41) is 7.92. The molecule has 136 valence electrons. The maximum Gasteiger partial charge on any atom is 0.251 e. The molecule has 27 heavy (non-hydrogen) atoms. The van der Waals surface area contributed by atoms with Gasteiger partial charge in [0.15, 0.2) is 5.65 Å². The normalized spacial score (nSPS) is 11.0. The van der Waals surface area contributed by atoms with Crippen molar-refractivity contribution in [2.24, 2.45) is 0 Å². The number of aromatic amines is 1. The maximum atomic E-state index is 11.6. The van der Waals surface area contributed by atoms with Crippen LogP contribution in [0.4, 0.5) is 5.82 Å². The van der Waals surface area contributed by atoms with Crippen molar-refractivity contribution in [1.82, 2.24) is 24.6 Å². The van der Waals surface area contributed by atoms with Gasteiger partial charge in [-0.05, 0) is 13.8 Å². The minimum Gasteiger partial charge on any atom is -0.369 e.